The monoisotopic (exact) mass is 248 g/mol. The van der Waals surface area contributed by atoms with E-state index in [-0.39, 0.29) is 6.42 Å². The van der Waals surface area contributed by atoms with Crippen LogP contribution in [0, 0.1) is 0 Å². The lowest BCUT2D eigenvalue weighted by atomic mass is 10.1. The molecule has 0 saturated carbocycles. The standard InChI is InChI=1S/C10H10F2O3S/c11-10(12)16(15)8(9(13)14)6-7-4-2-1-3-5-7/h1-5,8,10H,6H2,(H,13,14). The first-order valence-corrected chi connectivity index (χ1v) is 5.74. The van der Waals surface area contributed by atoms with Gasteiger partial charge in [0.2, 0.25) is 0 Å². The van der Waals surface area contributed by atoms with Crippen LogP contribution in [0.4, 0.5) is 8.78 Å². The molecule has 0 spiro atoms. The Balaban J connectivity index is 2.81. The maximum atomic E-state index is 12.2. The topological polar surface area (TPSA) is 54.4 Å². The summed E-state index contributed by atoms with van der Waals surface area (Å²) in [5.74, 6) is -4.60. The fourth-order valence-corrected chi connectivity index (χ4v) is 2.02. The molecule has 88 valence electrons. The van der Waals surface area contributed by atoms with Gasteiger partial charge < -0.3 is 5.11 Å². The van der Waals surface area contributed by atoms with Crippen LogP contribution in [0.1, 0.15) is 5.56 Å². The third-order valence-corrected chi connectivity index (χ3v) is 3.28. The molecule has 1 N–H and O–H groups in total. The van der Waals surface area contributed by atoms with Gasteiger partial charge in [-0.15, -0.1) is 0 Å². The number of aliphatic carboxylic acids is 1. The summed E-state index contributed by atoms with van der Waals surface area (Å²) in [6.07, 6.45) is -0.160. The summed E-state index contributed by atoms with van der Waals surface area (Å²) in [5.41, 5.74) is 0.573. The molecule has 0 heterocycles. The number of carboxylic acids is 1. The number of benzene rings is 1. The summed E-state index contributed by atoms with van der Waals surface area (Å²) in [4.78, 5) is 10.7. The van der Waals surface area contributed by atoms with Crippen molar-refractivity contribution in [1.82, 2.24) is 0 Å². The Morgan fingerprint density at radius 2 is 1.88 bits per heavy atom. The molecule has 16 heavy (non-hydrogen) atoms. The van der Waals surface area contributed by atoms with Gasteiger partial charge in [-0.3, -0.25) is 9.00 Å². The van der Waals surface area contributed by atoms with Crippen molar-refractivity contribution in [2.75, 3.05) is 0 Å². The van der Waals surface area contributed by atoms with Gasteiger partial charge in [0.05, 0.1) is 0 Å². The molecule has 0 aromatic heterocycles. The smallest absolute Gasteiger partial charge is 0.319 e. The number of halogens is 2. The number of rotatable bonds is 5. The molecule has 3 nitrogen and oxygen atoms in total. The summed E-state index contributed by atoms with van der Waals surface area (Å²) in [7, 11) is -2.67. The molecule has 1 aromatic carbocycles. The quantitative estimate of drug-likeness (QED) is 0.862. The van der Waals surface area contributed by atoms with E-state index in [0.29, 0.717) is 5.56 Å². The van der Waals surface area contributed by atoms with Gasteiger partial charge in [-0.05, 0) is 12.0 Å². The SMILES string of the molecule is O=C(O)C(Cc1ccccc1)S(=O)C(F)F. The van der Waals surface area contributed by atoms with Crippen molar-refractivity contribution in [1.29, 1.82) is 0 Å². The molecule has 1 aromatic rings. The van der Waals surface area contributed by atoms with Crippen LogP contribution < -0.4 is 0 Å². The fourth-order valence-electron chi connectivity index (χ4n) is 1.22. The van der Waals surface area contributed by atoms with Crippen molar-refractivity contribution in [3.05, 3.63) is 35.9 Å². The van der Waals surface area contributed by atoms with Gasteiger partial charge in [0.1, 0.15) is 16.0 Å². The van der Waals surface area contributed by atoms with Crippen LogP contribution >= 0.6 is 0 Å². The van der Waals surface area contributed by atoms with Gasteiger partial charge in [-0.2, -0.15) is 8.78 Å². The maximum absolute atomic E-state index is 12.2. The van der Waals surface area contributed by atoms with Crippen LogP contribution in [0.15, 0.2) is 30.3 Å². The van der Waals surface area contributed by atoms with Crippen molar-refractivity contribution in [2.24, 2.45) is 0 Å². The second-order valence-electron chi connectivity index (χ2n) is 3.11. The van der Waals surface area contributed by atoms with Gasteiger partial charge in [-0.1, -0.05) is 30.3 Å². The Labute approximate surface area is 93.6 Å². The summed E-state index contributed by atoms with van der Waals surface area (Å²) in [5, 5.41) is 7.16. The molecular weight excluding hydrogens is 238 g/mol. The van der Waals surface area contributed by atoms with Crippen LogP contribution in [0.2, 0.25) is 0 Å². The van der Waals surface area contributed by atoms with E-state index in [9.17, 15) is 17.8 Å². The summed E-state index contributed by atoms with van der Waals surface area (Å²) in [6.45, 7) is 0. The van der Waals surface area contributed by atoms with Crippen LogP contribution in [-0.4, -0.2) is 26.3 Å². The highest BCUT2D eigenvalue weighted by Gasteiger charge is 2.30. The molecule has 0 aliphatic heterocycles. The number of carbonyl (C=O) groups is 1. The molecule has 0 aliphatic rings. The van der Waals surface area contributed by atoms with E-state index in [1.54, 1.807) is 30.3 Å². The molecule has 0 radical (unpaired) electrons. The van der Waals surface area contributed by atoms with E-state index in [0.717, 1.165) is 0 Å². The lowest BCUT2D eigenvalue weighted by Crippen LogP contribution is -2.31. The fraction of sp³-hybridized carbons (Fsp3) is 0.300. The van der Waals surface area contributed by atoms with Gasteiger partial charge in [0.15, 0.2) is 0 Å². The number of carboxylic acid groups (broad SMARTS) is 1. The van der Waals surface area contributed by atoms with Crippen molar-refractivity contribution < 1.29 is 22.9 Å². The summed E-state index contributed by atoms with van der Waals surface area (Å²) >= 11 is 0. The zero-order valence-electron chi connectivity index (χ0n) is 8.18. The minimum Gasteiger partial charge on any atom is -0.480 e. The maximum Gasteiger partial charge on any atom is 0.319 e. The Kier molecular flexibility index (Phi) is 4.54. The van der Waals surface area contributed by atoms with E-state index >= 15 is 0 Å². The first kappa shape index (κ1) is 12.8. The molecule has 6 heteroatoms. The lowest BCUT2D eigenvalue weighted by molar-refractivity contribution is -0.136. The zero-order chi connectivity index (χ0) is 12.1. The molecule has 0 bridgehead atoms. The Morgan fingerprint density at radius 3 is 2.31 bits per heavy atom. The Hall–Kier alpha value is -1.30. The van der Waals surface area contributed by atoms with Crippen LogP contribution in [0.3, 0.4) is 0 Å². The third-order valence-electron chi connectivity index (χ3n) is 2.00. The summed E-state index contributed by atoms with van der Waals surface area (Å²) in [6, 6.07) is 8.28. The molecule has 1 rings (SSSR count). The van der Waals surface area contributed by atoms with Gasteiger partial charge in [0, 0.05) is 0 Å². The third kappa shape index (κ3) is 3.37. The van der Waals surface area contributed by atoms with Crippen LogP contribution in [-0.2, 0) is 22.0 Å². The van der Waals surface area contributed by atoms with E-state index in [2.05, 4.69) is 0 Å². The minimum atomic E-state index is -3.13. The first-order valence-electron chi connectivity index (χ1n) is 4.46. The van der Waals surface area contributed by atoms with Crippen molar-refractivity contribution in [2.45, 2.75) is 17.4 Å². The molecule has 0 saturated heterocycles. The van der Waals surface area contributed by atoms with Gasteiger partial charge in [-0.25, -0.2) is 0 Å². The average molecular weight is 248 g/mol. The van der Waals surface area contributed by atoms with Gasteiger partial charge >= 0.3 is 11.7 Å². The normalized spacial score (nSPS) is 14.7. The van der Waals surface area contributed by atoms with E-state index in [1.165, 1.54) is 0 Å². The second-order valence-corrected chi connectivity index (χ2v) is 4.69. The van der Waals surface area contributed by atoms with E-state index in [4.69, 9.17) is 5.11 Å². The molecule has 0 fully saturated rings. The predicted molar refractivity (Wildman–Crippen MR) is 55.7 cm³/mol. The van der Waals surface area contributed by atoms with Crippen molar-refractivity contribution in [3.8, 4) is 0 Å². The zero-order valence-corrected chi connectivity index (χ0v) is 8.99. The highest BCUT2D eigenvalue weighted by molar-refractivity contribution is 7.86. The second kappa shape index (κ2) is 5.69. The molecule has 0 amide bonds. The molecule has 0 aliphatic carbocycles. The minimum absolute atomic E-state index is 0.160. The molecule has 2 unspecified atom stereocenters. The number of alkyl halides is 2. The van der Waals surface area contributed by atoms with E-state index in [1.807, 2.05) is 0 Å². The Morgan fingerprint density at radius 1 is 1.31 bits per heavy atom. The van der Waals surface area contributed by atoms with Crippen LogP contribution in [0.5, 0.6) is 0 Å². The van der Waals surface area contributed by atoms with Crippen molar-refractivity contribution in [3.63, 3.8) is 0 Å². The lowest BCUT2D eigenvalue weighted by Gasteiger charge is -2.11. The Bertz CT molecular complexity index is 381. The average Bonchev–Trinajstić information content (AvgIpc) is 2.26. The highest BCUT2D eigenvalue weighted by atomic mass is 32.2. The van der Waals surface area contributed by atoms with Crippen LogP contribution in [0.25, 0.3) is 0 Å². The number of hydrogen-bond acceptors (Lipinski definition) is 2. The van der Waals surface area contributed by atoms with E-state index < -0.39 is 27.8 Å². The predicted octanol–water partition coefficient (Wildman–Crippen LogP) is 1.65. The van der Waals surface area contributed by atoms with Gasteiger partial charge in [0.25, 0.3) is 0 Å². The number of hydrogen-bond donors (Lipinski definition) is 1. The summed E-state index contributed by atoms with van der Waals surface area (Å²) < 4.78 is 35.4. The first-order chi connectivity index (χ1) is 7.52. The molecular formula is C10H10F2O3S. The molecule has 2 atom stereocenters. The highest BCUT2D eigenvalue weighted by Crippen LogP contribution is 2.13. The largest absolute Gasteiger partial charge is 0.480 e. The van der Waals surface area contributed by atoms with Crippen molar-refractivity contribution >= 4 is 16.8 Å².